The van der Waals surface area contributed by atoms with Gasteiger partial charge in [-0.3, -0.25) is 0 Å². The van der Waals surface area contributed by atoms with E-state index in [0.717, 1.165) is 97.4 Å². The third kappa shape index (κ3) is 14.6. The van der Waals surface area contributed by atoms with Gasteiger partial charge in [0.15, 0.2) is 0 Å². The van der Waals surface area contributed by atoms with Crippen LogP contribution in [0.2, 0.25) is 0 Å². The van der Waals surface area contributed by atoms with Gasteiger partial charge in [0.25, 0.3) is 0 Å². The Balaban J connectivity index is 4.49. The zero-order valence-corrected chi connectivity index (χ0v) is 18.2. The lowest BCUT2D eigenvalue weighted by Crippen LogP contribution is -2.36. The number of nitrogens with two attached hydrogens (primary N) is 6. The molecule has 0 radical (unpaired) electrons. The molecular formula is C20H50N8. The fourth-order valence-electron chi connectivity index (χ4n) is 3.89. The van der Waals surface area contributed by atoms with Crippen LogP contribution in [0.15, 0.2) is 0 Å². The normalized spacial score (nSPS) is 13.2. The van der Waals surface area contributed by atoms with E-state index >= 15 is 0 Å². The maximum atomic E-state index is 5.87. The van der Waals surface area contributed by atoms with Gasteiger partial charge in [-0.05, 0) is 89.6 Å². The molecule has 0 aromatic carbocycles. The second-order valence-corrected chi connectivity index (χ2v) is 7.88. The smallest absolute Gasteiger partial charge is 0.0105 e. The molecule has 0 saturated heterocycles. The van der Waals surface area contributed by atoms with Gasteiger partial charge in [0.2, 0.25) is 0 Å². The van der Waals surface area contributed by atoms with Crippen molar-refractivity contribution in [2.75, 3.05) is 78.5 Å². The second kappa shape index (κ2) is 20.0. The minimum Gasteiger partial charge on any atom is -0.330 e. The van der Waals surface area contributed by atoms with E-state index in [4.69, 9.17) is 34.4 Å². The Morgan fingerprint density at radius 3 is 0.929 bits per heavy atom. The molecule has 0 heterocycles. The molecule has 0 amide bonds. The molecule has 170 valence electrons. The predicted octanol–water partition coefficient (Wildman–Crippen LogP) is -1.08. The summed E-state index contributed by atoms with van der Waals surface area (Å²) < 4.78 is 0. The quantitative estimate of drug-likeness (QED) is 0.141. The lowest BCUT2D eigenvalue weighted by Gasteiger charge is -2.28. The third-order valence-electron chi connectivity index (χ3n) is 5.62. The van der Waals surface area contributed by atoms with Gasteiger partial charge in [0, 0.05) is 39.3 Å². The highest BCUT2D eigenvalue weighted by Crippen LogP contribution is 2.17. The second-order valence-electron chi connectivity index (χ2n) is 7.88. The standard InChI is InChI=1S/C20H50N8/c21-7-1-19(2-8-22)4-13-27(16-10-24)14-5-20(3-9-23)6-15-28(17-11-25)18-12-26/h19-20H,1-18,21-26H2. The molecule has 0 aliphatic carbocycles. The van der Waals surface area contributed by atoms with Gasteiger partial charge in [0.1, 0.15) is 0 Å². The summed E-state index contributed by atoms with van der Waals surface area (Å²) in [4.78, 5) is 4.87. The van der Waals surface area contributed by atoms with E-state index in [1.165, 1.54) is 0 Å². The van der Waals surface area contributed by atoms with Crippen molar-refractivity contribution in [2.24, 2.45) is 46.2 Å². The number of nitrogens with zero attached hydrogens (tertiary/aromatic N) is 2. The number of hydrogen-bond donors (Lipinski definition) is 6. The third-order valence-corrected chi connectivity index (χ3v) is 5.62. The Bertz CT molecular complexity index is 277. The van der Waals surface area contributed by atoms with Crippen LogP contribution < -0.4 is 34.4 Å². The van der Waals surface area contributed by atoms with Crippen molar-refractivity contribution in [3.63, 3.8) is 0 Å². The molecule has 28 heavy (non-hydrogen) atoms. The molecule has 1 atom stereocenters. The van der Waals surface area contributed by atoms with Crippen LogP contribution in [0.4, 0.5) is 0 Å². The van der Waals surface area contributed by atoms with Crippen molar-refractivity contribution in [3.05, 3.63) is 0 Å². The fourth-order valence-corrected chi connectivity index (χ4v) is 3.89. The molecule has 8 nitrogen and oxygen atoms in total. The van der Waals surface area contributed by atoms with Crippen molar-refractivity contribution < 1.29 is 0 Å². The highest BCUT2D eigenvalue weighted by atomic mass is 15.1. The summed E-state index contributed by atoms with van der Waals surface area (Å²) >= 11 is 0. The number of hydrogen-bond acceptors (Lipinski definition) is 8. The van der Waals surface area contributed by atoms with E-state index in [1.807, 2.05) is 0 Å². The van der Waals surface area contributed by atoms with Gasteiger partial charge in [0.05, 0.1) is 0 Å². The Morgan fingerprint density at radius 1 is 0.357 bits per heavy atom. The molecule has 8 heteroatoms. The first kappa shape index (κ1) is 27.7. The van der Waals surface area contributed by atoms with Gasteiger partial charge in [-0.15, -0.1) is 0 Å². The molecule has 0 bridgehead atoms. The van der Waals surface area contributed by atoms with E-state index in [1.54, 1.807) is 0 Å². The van der Waals surface area contributed by atoms with Crippen LogP contribution >= 0.6 is 0 Å². The summed E-state index contributed by atoms with van der Waals surface area (Å²) in [5.41, 5.74) is 34.7. The molecular weight excluding hydrogens is 352 g/mol. The summed E-state index contributed by atoms with van der Waals surface area (Å²) in [5.74, 6) is 1.25. The lowest BCUT2D eigenvalue weighted by molar-refractivity contribution is 0.213. The van der Waals surface area contributed by atoms with Gasteiger partial charge in [-0.25, -0.2) is 0 Å². The molecule has 0 aliphatic rings. The zero-order chi connectivity index (χ0) is 21.0. The lowest BCUT2D eigenvalue weighted by atomic mass is 9.95. The summed E-state index contributed by atoms with van der Waals surface area (Å²) in [6, 6.07) is 0. The van der Waals surface area contributed by atoms with E-state index in [2.05, 4.69) is 9.80 Å². The summed E-state index contributed by atoms with van der Waals surface area (Å²) in [6.45, 7) is 10.2. The largest absolute Gasteiger partial charge is 0.330 e. The fraction of sp³-hybridized carbons (Fsp3) is 1.00. The molecule has 0 spiro atoms. The van der Waals surface area contributed by atoms with Crippen LogP contribution in [0, 0.1) is 11.8 Å². The highest BCUT2D eigenvalue weighted by Gasteiger charge is 2.15. The maximum Gasteiger partial charge on any atom is 0.0105 e. The van der Waals surface area contributed by atoms with E-state index in [9.17, 15) is 0 Å². The van der Waals surface area contributed by atoms with Crippen LogP contribution in [0.3, 0.4) is 0 Å². The van der Waals surface area contributed by atoms with Crippen LogP contribution in [-0.2, 0) is 0 Å². The minimum atomic E-state index is 0.621. The molecule has 0 aromatic heterocycles. The van der Waals surface area contributed by atoms with Crippen LogP contribution in [0.5, 0.6) is 0 Å². The van der Waals surface area contributed by atoms with E-state index in [0.29, 0.717) is 31.5 Å². The van der Waals surface area contributed by atoms with Gasteiger partial charge >= 0.3 is 0 Å². The molecule has 0 fully saturated rings. The first-order valence-corrected chi connectivity index (χ1v) is 11.3. The predicted molar refractivity (Wildman–Crippen MR) is 122 cm³/mol. The topological polar surface area (TPSA) is 163 Å². The van der Waals surface area contributed by atoms with Crippen molar-refractivity contribution in [1.29, 1.82) is 0 Å². The van der Waals surface area contributed by atoms with Crippen LogP contribution in [0.1, 0.15) is 38.5 Å². The molecule has 1 unspecified atom stereocenters. The Morgan fingerprint density at radius 2 is 0.643 bits per heavy atom. The van der Waals surface area contributed by atoms with E-state index < -0.39 is 0 Å². The molecule has 0 aliphatic heterocycles. The average molecular weight is 403 g/mol. The summed E-state index contributed by atoms with van der Waals surface area (Å²) in [7, 11) is 0. The minimum absolute atomic E-state index is 0.621. The van der Waals surface area contributed by atoms with Crippen molar-refractivity contribution >= 4 is 0 Å². The highest BCUT2D eigenvalue weighted by molar-refractivity contribution is 4.70. The van der Waals surface area contributed by atoms with Crippen molar-refractivity contribution in [2.45, 2.75) is 38.5 Å². The molecule has 0 aromatic rings. The first-order chi connectivity index (χ1) is 13.6. The van der Waals surface area contributed by atoms with E-state index in [-0.39, 0.29) is 0 Å². The van der Waals surface area contributed by atoms with Gasteiger partial charge in [-0.1, -0.05) is 0 Å². The monoisotopic (exact) mass is 402 g/mol. The summed E-state index contributed by atoms with van der Waals surface area (Å²) in [6.07, 6.45) is 6.64. The Labute approximate surface area is 173 Å². The average Bonchev–Trinajstić information content (AvgIpc) is 2.68. The summed E-state index contributed by atoms with van der Waals surface area (Å²) in [5, 5.41) is 0. The SMILES string of the molecule is NCCC(CCN)CCN(CCN)CCC(CCN)CCN(CCN)CCN. The van der Waals surface area contributed by atoms with Crippen molar-refractivity contribution in [1.82, 2.24) is 9.80 Å². The van der Waals surface area contributed by atoms with Crippen molar-refractivity contribution in [3.8, 4) is 0 Å². The van der Waals surface area contributed by atoms with Gasteiger partial charge < -0.3 is 44.2 Å². The van der Waals surface area contributed by atoms with Gasteiger partial charge in [-0.2, -0.15) is 0 Å². The Kier molecular flexibility index (Phi) is 19.7. The molecule has 0 saturated carbocycles. The van der Waals surface area contributed by atoms with Crippen LogP contribution in [0.25, 0.3) is 0 Å². The number of rotatable bonds is 21. The molecule has 0 rings (SSSR count). The maximum absolute atomic E-state index is 5.87. The molecule has 12 N–H and O–H groups in total. The zero-order valence-electron chi connectivity index (χ0n) is 18.2. The first-order valence-electron chi connectivity index (χ1n) is 11.3. The van der Waals surface area contributed by atoms with Crippen LogP contribution in [-0.4, -0.2) is 88.3 Å². The Hall–Kier alpha value is -0.320.